The van der Waals surface area contributed by atoms with Gasteiger partial charge in [0.2, 0.25) is 0 Å². The summed E-state index contributed by atoms with van der Waals surface area (Å²) < 4.78 is 1.12. The van der Waals surface area contributed by atoms with Crippen molar-refractivity contribution in [2.24, 2.45) is 0 Å². The van der Waals surface area contributed by atoms with Crippen LogP contribution in [0.25, 0.3) is 0 Å². The van der Waals surface area contributed by atoms with Crippen LogP contribution < -0.4 is 10.6 Å². The number of halogens is 1. The highest BCUT2D eigenvalue weighted by Gasteiger charge is 2.19. The van der Waals surface area contributed by atoms with Gasteiger partial charge in [0.15, 0.2) is 5.11 Å². The van der Waals surface area contributed by atoms with Crippen LogP contribution in [0.4, 0.5) is 5.69 Å². The molecule has 1 heterocycles. The first-order valence-corrected chi connectivity index (χ1v) is 9.85. The first-order valence-electron chi connectivity index (χ1n) is 8.65. The molecule has 23 heavy (non-hydrogen) atoms. The van der Waals surface area contributed by atoms with Gasteiger partial charge in [-0.3, -0.25) is 0 Å². The van der Waals surface area contributed by atoms with Crippen molar-refractivity contribution in [3.05, 3.63) is 28.2 Å². The fourth-order valence-electron chi connectivity index (χ4n) is 3.20. The Kier molecular flexibility index (Phi) is 7.80. The molecule has 1 atom stereocenters. The molecule has 0 unspecified atom stereocenters. The minimum Gasteiger partial charge on any atom is -0.362 e. The summed E-state index contributed by atoms with van der Waals surface area (Å²) in [5, 5.41) is 7.28. The van der Waals surface area contributed by atoms with E-state index in [1.165, 1.54) is 44.3 Å². The van der Waals surface area contributed by atoms with Crippen molar-refractivity contribution in [3.8, 4) is 0 Å². The quantitative estimate of drug-likeness (QED) is 0.537. The van der Waals surface area contributed by atoms with Crippen molar-refractivity contribution in [3.63, 3.8) is 0 Å². The van der Waals surface area contributed by atoms with Crippen LogP contribution in [-0.4, -0.2) is 35.7 Å². The lowest BCUT2D eigenvalue weighted by atomic mass is 10.00. The fourth-order valence-corrected chi connectivity index (χ4v) is 3.67. The number of likely N-dealkylation sites (tertiary alicyclic amines) is 1. The number of thiocarbonyl (C=S) groups is 1. The lowest BCUT2D eigenvalue weighted by molar-refractivity contribution is 0.143. The molecule has 128 valence electrons. The number of rotatable bonds is 6. The van der Waals surface area contributed by atoms with E-state index in [9.17, 15) is 0 Å². The molecule has 0 bridgehead atoms. The molecule has 0 aromatic heterocycles. The molecule has 5 heteroatoms. The molecule has 2 rings (SSSR count). The largest absolute Gasteiger partial charge is 0.362 e. The van der Waals surface area contributed by atoms with Crippen LogP contribution in [0.3, 0.4) is 0 Å². The molecule has 0 aliphatic carbocycles. The van der Waals surface area contributed by atoms with E-state index in [4.69, 9.17) is 12.2 Å². The molecule has 3 nitrogen and oxygen atoms in total. The molecule has 1 saturated heterocycles. The lowest BCUT2D eigenvalue weighted by Gasteiger charge is -2.35. The monoisotopic (exact) mass is 397 g/mol. The van der Waals surface area contributed by atoms with E-state index in [1.807, 2.05) is 12.1 Å². The van der Waals surface area contributed by atoms with Gasteiger partial charge < -0.3 is 15.5 Å². The number of hydrogen-bond acceptors (Lipinski definition) is 2. The molecule has 1 fully saturated rings. The molecule has 0 radical (unpaired) electrons. The summed E-state index contributed by atoms with van der Waals surface area (Å²) in [5.41, 5.74) is 2.23. The van der Waals surface area contributed by atoms with Crippen LogP contribution in [-0.2, 0) is 0 Å². The maximum atomic E-state index is 5.38. The zero-order chi connectivity index (χ0) is 16.7. The van der Waals surface area contributed by atoms with Gasteiger partial charge in [-0.2, -0.15) is 0 Å². The van der Waals surface area contributed by atoms with Gasteiger partial charge in [0.05, 0.1) is 0 Å². The molecule has 1 aromatic carbocycles. The third-order valence-electron chi connectivity index (χ3n) is 4.54. The fraction of sp³-hybridized carbons (Fsp3) is 0.611. The Labute approximate surface area is 154 Å². The topological polar surface area (TPSA) is 27.3 Å². The second-order valence-corrected chi connectivity index (χ2v) is 7.55. The summed E-state index contributed by atoms with van der Waals surface area (Å²) in [4.78, 5) is 2.65. The number of aryl methyl sites for hydroxylation is 1. The molecule has 1 aromatic rings. The Bertz CT molecular complexity index is 521. The maximum absolute atomic E-state index is 5.38. The minimum absolute atomic E-state index is 0.706. The Morgan fingerprint density at radius 2 is 2.22 bits per heavy atom. The average molecular weight is 398 g/mol. The van der Waals surface area contributed by atoms with Crippen LogP contribution in [0.1, 0.15) is 44.6 Å². The van der Waals surface area contributed by atoms with Crippen LogP contribution in [0, 0.1) is 6.92 Å². The van der Waals surface area contributed by atoms with Gasteiger partial charge in [-0.05, 0) is 75.1 Å². The van der Waals surface area contributed by atoms with Crippen LogP contribution in [0.2, 0.25) is 0 Å². The minimum atomic E-state index is 0.706. The molecule has 0 amide bonds. The summed E-state index contributed by atoms with van der Waals surface area (Å²) in [7, 11) is 0. The zero-order valence-corrected chi connectivity index (χ0v) is 16.6. The van der Waals surface area contributed by atoms with E-state index >= 15 is 0 Å². The molecule has 0 saturated carbocycles. The third kappa shape index (κ3) is 6.05. The van der Waals surface area contributed by atoms with Gasteiger partial charge in [0, 0.05) is 29.3 Å². The van der Waals surface area contributed by atoms with Crippen LogP contribution >= 0.6 is 28.1 Å². The van der Waals surface area contributed by atoms with E-state index < -0.39 is 0 Å². The van der Waals surface area contributed by atoms with Crippen molar-refractivity contribution in [2.75, 3.05) is 25.0 Å². The Hall–Kier alpha value is -0.650. The highest BCUT2D eigenvalue weighted by Crippen LogP contribution is 2.20. The molecular formula is C18H28BrN3S. The first-order chi connectivity index (χ1) is 11.1. The second-order valence-electron chi connectivity index (χ2n) is 6.29. The summed E-state index contributed by atoms with van der Waals surface area (Å²) in [6.45, 7) is 7.74. The van der Waals surface area contributed by atoms with E-state index in [2.05, 4.69) is 51.4 Å². The van der Waals surface area contributed by atoms with E-state index in [0.29, 0.717) is 5.11 Å². The lowest BCUT2D eigenvalue weighted by Crippen LogP contribution is -2.40. The number of hydrogen-bond donors (Lipinski definition) is 2. The SMILES string of the molecule is CC[C@H]1CCCCN1CCCNC(=S)Nc1ccc(Br)c(C)c1. The predicted molar refractivity (Wildman–Crippen MR) is 107 cm³/mol. The molecule has 1 aliphatic rings. The normalized spacial score (nSPS) is 18.7. The molecule has 1 aliphatic heterocycles. The second kappa shape index (κ2) is 9.60. The Morgan fingerprint density at radius 3 is 2.96 bits per heavy atom. The smallest absolute Gasteiger partial charge is 0.170 e. The standard InChI is InChI=1S/C18H28BrN3S/c1-3-16-7-4-5-11-22(16)12-6-10-20-18(23)21-15-8-9-17(19)14(2)13-15/h8-9,13,16H,3-7,10-12H2,1-2H3,(H2,20,21,23)/t16-/m0/s1. The van der Waals surface area contributed by atoms with E-state index in [0.717, 1.165) is 29.2 Å². The number of piperidine rings is 1. The van der Waals surface area contributed by atoms with Crippen molar-refractivity contribution >= 4 is 38.9 Å². The zero-order valence-electron chi connectivity index (χ0n) is 14.2. The van der Waals surface area contributed by atoms with Gasteiger partial charge in [0.25, 0.3) is 0 Å². The van der Waals surface area contributed by atoms with E-state index in [1.54, 1.807) is 0 Å². The highest BCUT2D eigenvalue weighted by atomic mass is 79.9. The average Bonchev–Trinajstić information content (AvgIpc) is 2.55. The van der Waals surface area contributed by atoms with E-state index in [-0.39, 0.29) is 0 Å². The summed E-state index contributed by atoms with van der Waals surface area (Å²) in [5.74, 6) is 0. The summed E-state index contributed by atoms with van der Waals surface area (Å²) in [6.07, 6.45) is 6.53. The number of anilines is 1. The van der Waals surface area contributed by atoms with Crippen LogP contribution in [0.15, 0.2) is 22.7 Å². The number of benzene rings is 1. The van der Waals surface area contributed by atoms with Gasteiger partial charge in [-0.15, -0.1) is 0 Å². The molecular weight excluding hydrogens is 370 g/mol. The Morgan fingerprint density at radius 1 is 1.39 bits per heavy atom. The highest BCUT2D eigenvalue weighted by molar-refractivity contribution is 9.10. The van der Waals surface area contributed by atoms with Gasteiger partial charge >= 0.3 is 0 Å². The van der Waals surface area contributed by atoms with Crippen LogP contribution in [0.5, 0.6) is 0 Å². The third-order valence-corrected chi connectivity index (χ3v) is 5.68. The van der Waals surface area contributed by atoms with Crippen molar-refractivity contribution < 1.29 is 0 Å². The van der Waals surface area contributed by atoms with Gasteiger partial charge in [-0.1, -0.05) is 29.3 Å². The number of nitrogens with zero attached hydrogens (tertiary/aromatic N) is 1. The van der Waals surface area contributed by atoms with Crippen molar-refractivity contribution in [2.45, 2.75) is 52.0 Å². The molecule has 2 N–H and O–H groups in total. The van der Waals surface area contributed by atoms with Crippen molar-refractivity contribution in [1.29, 1.82) is 0 Å². The van der Waals surface area contributed by atoms with Gasteiger partial charge in [-0.25, -0.2) is 0 Å². The predicted octanol–water partition coefficient (Wildman–Crippen LogP) is 4.70. The number of nitrogens with one attached hydrogen (secondary N) is 2. The Balaban J connectivity index is 1.67. The van der Waals surface area contributed by atoms with Gasteiger partial charge in [0.1, 0.15) is 0 Å². The summed E-state index contributed by atoms with van der Waals surface area (Å²) >= 11 is 8.89. The molecule has 0 spiro atoms. The summed E-state index contributed by atoms with van der Waals surface area (Å²) in [6, 6.07) is 6.96. The van der Waals surface area contributed by atoms with Crippen molar-refractivity contribution in [1.82, 2.24) is 10.2 Å². The first kappa shape index (κ1) is 18.7. The maximum Gasteiger partial charge on any atom is 0.170 e.